The zero-order chi connectivity index (χ0) is 14.8. The molecule has 0 spiro atoms. The Labute approximate surface area is 159 Å². The van der Waals surface area contributed by atoms with Gasteiger partial charge in [-0.05, 0) is 31.2 Å². The van der Waals surface area contributed by atoms with Crippen LogP contribution in [0.5, 0.6) is 0 Å². The Morgan fingerprint density at radius 2 is 1.92 bits per heavy atom. The molecule has 2 aliphatic rings. The van der Waals surface area contributed by atoms with Gasteiger partial charge in [0.1, 0.15) is 37.3 Å². The minimum Gasteiger partial charge on any atom is -1.00 e. The molecule has 0 radical (unpaired) electrons. The van der Waals surface area contributed by atoms with Crippen LogP contribution in [0.25, 0.3) is 10.2 Å². The highest BCUT2D eigenvalue weighted by molar-refractivity contribution is 7.18. The number of nitrogens with one attached hydrogen (secondary N) is 1. The minimum atomic E-state index is 0. The van der Waals surface area contributed by atoms with E-state index in [0.717, 1.165) is 38.7 Å². The fraction of sp³-hybridized carbons (Fsp3) is 0.625. The fourth-order valence-corrected chi connectivity index (χ4v) is 4.83. The number of fused-ring (bicyclic) bond motifs is 3. The van der Waals surface area contributed by atoms with Crippen molar-refractivity contribution in [2.75, 3.05) is 39.4 Å². The second-order valence-corrected chi connectivity index (χ2v) is 7.34. The van der Waals surface area contributed by atoms with Gasteiger partial charge in [0.2, 0.25) is 5.82 Å². The predicted octanol–water partition coefficient (Wildman–Crippen LogP) is -6.31. The molecule has 1 aliphatic heterocycles. The van der Waals surface area contributed by atoms with E-state index in [9.17, 15) is 0 Å². The van der Waals surface area contributed by atoms with Gasteiger partial charge >= 0.3 is 0 Å². The minimum absolute atomic E-state index is 0. The van der Waals surface area contributed by atoms with Crippen LogP contribution in [0.4, 0.5) is 5.82 Å². The molecule has 3 N–H and O–H groups in total. The molecule has 0 amide bonds. The van der Waals surface area contributed by atoms with Crippen LogP contribution in [0.3, 0.4) is 0 Å². The number of aryl methyl sites for hydroxylation is 2. The van der Waals surface area contributed by atoms with Crippen molar-refractivity contribution in [1.82, 2.24) is 9.97 Å². The van der Waals surface area contributed by atoms with Crippen LogP contribution < -0.4 is 35.0 Å². The number of quaternary nitrogens is 2. The summed E-state index contributed by atoms with van der Waals surface area (Å²) in [6.45, 7) is 6.37. The first-order valence-corrected chi connectivity index (χ1v) is 9.23. The average molecular weight is 391 g/mol. The van der Waals surface area contributed by atoms with Crippen LogP contribution in [-0.2, 0) is 17.6 Å². The summed E-state index contributed by atoms with van der Waals surface area (Å²) in [5, 5.41) is 3.67. The molecular weight excluding hydrogens is 367 g/mol. The summed E-state index contributed by atoms with van der Waals surface area (Å²) in [6.07, 6.45) is 6.81. The van der Waals surface area contributed by atoms with Crippen LogP contribution in [0, 0.1) is 0 Å². The summed E-state index contributed by atoms with van der Waals surface area (Å²) in [5.74, 6) is 1.16. The van der Waals surface area contributed by atoms with E-state index in [4.69, 9.17) is 4.74 Å². The van der Waals surface area contributed by atoms with Crippen molar-refractivity contribution >= 4 is 27.4 Å². The van der Waals surface area contributed by atoms with Gasteiger partial charge in [-0.15, -0.1) is 11.3 Å². The summed E-state index contributed by atoms with van der Waals surface area (Å²) in [5.41, 5.74) is 1.54. The van der Waals surface area contributed by atoms with Crippen molar-refractivity contribution in [3.8, 4) is 0 Å². The lowest BCUT2D eigenvalue weighted by atomic mass is 9.97. The molecule has 5 nitrogen and oxygen atoms in total. The van der Waals surface area contributed by atoms with Crippen molar-refractivity contribution in [1.29, 1.82) is 0 Å². The molecule has 1 aliphatic carbocycles. The van der Waals surface area contributed by atoms with Crippen LogP contribution in [-0.4, -0.2) is 49.4 Å². The zero-order valence-electron chi connectivity index (χ0n) is 13.7. The number of rotatable bonds is 4. The predicted molar refractivity (Wildman–Crippen MR) is 86.9 cm³/mol. The monoisotopic (exact) mass is 390 g/mol. The van der Waals surface area contributed by atoms with Gasteiger partial charge < -0.3 is 34.5 Å². The van der Waals surface area contributed by atoms with Crippen molar-refractivity contribution in [3.63, 3.8) is 0 Å². The van der Waals surface area contributed by atoms with Crippen LogP contribution in [0.15, 0.2) is 6.33 Å². The number of thiophene rings is 1. The van der Waals surface area contributed by atoms with E-state index in [-0.39, 0.29) is 24.8 Å². The van der Waals surface area contributed by atoms with E-state index in [1.165, 1.54) is 48.0 Å². The molecule has 0 saturated carbocycles. The van der Waals surface area contributed by atoms with Gasteiger partial charge in [0.15, 0.2) is 0 Å². The quantitative estimate of drug-likeness (QED) is 0.546. The van der Waals surface area contributed by atoms with Gasteiger partial charge in [-0.1, -0.05) is 0 Å². The molecule has 4 rings (SSSR count). The number of nitrogens with two attached hydrogens (primary N) is 1. The topological polar surface area (TPSA) is 56.1 Å². The first-order valence-electron chi connectivity index (χ1n) is 8.41. The summed E-state index contributed by atoms with van der Waals surface area (Å²) < 4.78 is 5.42. The van der Waals surface area contributed by atoms with Crippen molar-refractivity contribution in [2.45, 2.75) is 25.7 Å². The molecule has 0 atom stereocenters. The molecule has 24 heavy (non-hydrogen) atoms. The van der Waals surface area contributed by atoms with Crippen molar-refractivity contribution < 1.29 is 39.8 Å². The molecule has 3 heterocycles. The molecule has 8 heteroatoms. The zero-order valence-corrected chi connectivity index (χ0v) is 16.0. The number of hydrogen-bond acceptors (Lipinski definition) is 4. The summed E-state index contributed by atoms with van der Waals surface area (Å²) in [7, 11) is 0. The first-order chi connectivity index (χ1) is 10.9. The summed E-state index contributed by atoms with van der Waals surface area (Å²) in [6, 6.07) is 0. The normalized spacial score (nSPS) is 17.8. The molecule has 1 saturated heterocycles. The molecule has 0 bridgehead atoms. The van der Waals surface area contributed by atoms with E-state index in [1.54, 1.807) is 16.1 Å². The Balaban J connectivity index is 0.00000104. The van der Waals surface area contributed by atoms with E-state index < -0.39 is 0 Å². The van der Waals surface area contributed by atoms with E-state index in [2.05, 4.69) is 15.3 Å². The van der Waals surface area contributed by atoms with E-state index >= 15 is 0 Å². The lowest BCUT2D eigenvalue weighted by molar-refractivity contribution is -0.916. The lowest BCUT2D eigenvalue weighted by Gasteiger charge is -2.22. The highest BCUT2D eigenvalue weighted by Crippen LogP contribution is 2.36. The maximum atomic E-state index is 5.42. The van der Waals surface area contributed by atoms with Gasteiger partial charge in [-0.25, -0.2) is 4.98 Å². The Kier molecular flexibility index (Phi) is 7.65. The Morgan fingerprint density at radius 1 is 1.12 bits per heavy atom. The molecule has 0 aromatic carbocycles. The van der Waals surface area contributed by atoms with Gasteiger partial charge in [-0.2, -0.15) is 4.98 Å². The van der Waals surface area contributed by atoms with E-state index in [1.807, 2.05) is 11.3 Å². The summed E-state index contributed by atoms with van der Waals surface area (Å²) >= 11 is 1.88. The smallest absolute Gasteiger partial charge is 0.236 e. The maximum absolute atomic E-state index is 5.42. The second kappa shape index (κ2) is 9.27. The SMILES string of the molecule is [Cl-].[Cl-].c1nc([NH2+]CC[NH+]2CCOCC2)c2c3c(sc2n1)CCCC3. The van der Waals surface area contributed by atoms with E-state index in [0.29, 0.717) is 0 Å². The number of hydrogen-bond donors (Lipinski definition) is 2. The van der Waals surface area contributed by atoms with Gasteiger partial charge in [0.05, 0.1) is 18.6 Å². The third-order valence-corrected chi connectivity index (χ3v) is 6.02. The maximum Gasteiger partial charge on any atom is 0.236 e. The highest BCUT2D eigenvalue weighted by atomic mass is 35.5. The molecule has 1 fully saturated rings. The van der Waals surface area contributed by atoms with Crippen molar-refractivity contribution in [3.05, 3.63) is 16.8 Å². The Hall–Kier alpha value is -0.500. The van der Waals surface area contributed by atoms with Crippen LogP contribution >= 0.6 is 11.3 Å². The first kappa shape index (κ1) is 19.8. The third-order valence-electron chi connectivity index (χ3n) is 4.82. The number of aromatic nitrogens is 2. The average Bonchev–Trinajstić information content (AvgIpc) is 2.95. The Morgan fingerprint density at radius 3 is 2.75 bits per heavy atom. The van der Waals surface area contributed by atoms with Gasteiger partial charge in [0.25, 0.3) is 0 Å². The van der Waals surface area contributed by atoms with Crippen molar-refractivity contribution in [2.24, 2.45) is 0 Å². The van der Waals surface area contributed by atoms with Crippen LogP contribution in [0.2, 0.25) is 0 Å². The highest BCUT2D eigenvalue weighted by Gasteiger charge is 2.22. The molecular formula is C16H24Cl2N4OS. The van der Waals surface area contributed by atoms with Gasteiger partial charge in [0, 0.05) is 4.88 Å². The fourth-order valence-electron chi connectivity index (χ4n) is 3.59. The molecule has 2 aromatic heterocycles. The second-order valence-electron chi connectivity index (χ2n) is 6.26. The number of ether oxygens (including phenoxy) is 1. The third kappa shape index (κ3) is 4.18. The number of nitrogens with zero attached hydrogens (tertiary/aromatic N) is 2. The Bertz CT molecular complexity index is 661. The molecule has 0 unspecified atom stereocenters. The number of halogens is 2. The molecule has 134 valence electrons. The van der Waals surface area contributed by atoms with Crippen LogP contribution in [0.1, 0.15) is 23.3 Å². The molecule has 2 aromatic rings. The lowest BCUT2D eigenvalue weighted by Crippen LogP contribution is -3.16. The largest absolute Gasteiger partial charge is 1.00 e. The summed E-state index contributed by atoms with van der Waals surface area (Å²) in [4.78, 5) is 13.5. The number of morpholine rings is 1. The van der Waals surface area contributed by atoms with Gasteiger partial charge in [-0.3, -0.25) is 5.32 Å². The standard InChI is InChI=1S/C16H22N4OS.2ClH/c1-2-4-13-12(3-1)14-15(18-11-19-16(14)22-13)17-5-6-20-7-9-21-10-8-20;;/h11H,1-10H2,(H,17,18,19);2*1H.